The lowest BCUT2D eigenvalue weighted by Crippen LogP contribution is -2.57. The second kappa shape index (κ2) is 10.7. The van der Waals surface area contributed by atoms with Gasteiger partial charge in [0.1, 0.15) is 0 Å². The van der Waals surface area contributed by atoms with Crippen molar-refractivity contribution in [1.82, 2.24) is 14.7 Å². The normalized spacial score (nSPS) is 35.5. The second-order valence-electron chi connectivity index (χ2n) is 9.98. The molecule has 1 saturated carbocycles. The number of rotatable bonds is 4. The molecule has 172 valence electrons. The Kier molecular flexibility index (Phi) is 8.03. The fourth-order valence-corrected chi connectivity index (χ4v) is 5.74. The summed E-state index contributed by atoms with van der Waals surface area (Å²) in [6.45, 7) is 6.18. The molecule has 30 heavy (non-hydrogen) atoms. The summed E-state index contributed by atoms with van der Waals surface area (Å²) >= 11 is 0. The topological polar surface area (TPSA) is 65.5 Å². The lowest BCUT2D eigenvalue weighted by molar-refractivity contribution is -0.162. The summed E-state index contributed by atoms with van der Waals surface area (Å²) in [4.78, 5) is 19.5. The number of piperazine rings is 1. The number of amides is 1. The van der Waals surface area contributed by atoms with Gasteiger partial charge in [0.25, 0.3) is 0 Å². The van der Waals surface area contributed by atoms with E-state index in [0.29, 0.717) is 26.2 Å². The smallest absolute Gasteiger partial charge is 0.225 e. The first kappa shape index (κ1) is 22.5. The first-order valence-corrected chi connectivity index (χ1v) is 12.2. The minimum atomic E-state index is -0.425. The van der Waals surface area contributed by atoms with Crippen molar-refractivity contribution in [2.24, 2.45) is 5.92 Å². The Hall–Kier alpha value is -0.730. The Labute approximate surface area is 181 Å². The monoisotopic (exact) mass is 423 g/mol. The third-order valence-corrected chi connectivity index (χ3v) is 7.56. The number of β-amino-alcohol motifs (C(OH)–C–C–N with tert-alkyl or cyclic N) is 1. The SMILES string of the molecule is CN1CCN(C(=O)C[C@H]2CC[C@H]3[C@@H](COC[C@H](O)CN3CC3CCCCC3)O2)CC1. The van der Waals surface area contributed by atoms with Crippen molar-refractivity contribution in [3.63, 3.8) is 0 Å². The second-order valence-corrected chi connectivity index (χ2v) is 9.98. The maximum atomic E-state index is 12.8. The van der Waals surface area contributed by atoms with Gasteiger partial charge in [-0.2, -0.15) is 0 Å². The van der Waals surface area contributed by atoms with E-state index in [1.165, 1.54) is 32.1 Å². The molecule has 4 rings (SSSR count). The van der Waals surface area contributed by atoms with Crippen LogP contribution >= 0.6 is 0 Å². The van der Waals surface area contributed by atoms with E-state index in [9.17, 15) is 9.90 Å². The molecular formula is C23H41N3O4. The van der Waals surface area contributed by atoms with Gasteiger partial charge in [-0.15, -0.1) is 0 Å². The van der Waals surface area contributed by atoms with E-state index in [4.69, 9.17) is 9.47 Å². The van der Waals surface area contributed by atoms with Crippen LogP contribution in [0.1, 0.15) is 51.4 Å². The molecule has 0 spiro atoms. The van der Waals surface area contributed by atoms with Gasteiger partial charge in [0.05, 0.1) is 37.9 Å². The summed E-state index contributed by atoms with van der Waals surface area (Å²) in [5.74, 6) is 0.969. The summed E-state index contributed by atoms with van der Waals surface area (Å²) in [7, 11) is 2.11. The van der Waals surface area contributed by atoms with E-state index in [1.54, 1.807) is 0 Å². The molecule has 0 radical (unpaired) electrons. The molecule has 1 N–H and O–H groups in total. The van der Waals surface area contributed by atoms with Crippen molar-refractivity contribution in [2.75, 3.05) is 59.5 Å². The van der Waals surface area contributed by atoms with Crippen LogP contribution in [0.5, 0.6) is 0 Å². The minimum Gasteiger partial charge on any atom is -0.389 e. The largest absolute Gasteiger partial charge is 0.389 e. The van der Waals surface area contributed by atoms with Gasteiger partial charge in [-0.1, -0.05) is 19.3 Å². The molecule has 7 heteroatoms. The molecule has 0 aromatic carbocycles. The Morgan fingerprint density at radius 1 is 1.00 bits per heavy atom. The number of aliphatic hydroxyl groups is 1. The zero-order valence-electron chi connectivity index (χ0n) is 18.7. The average Bonchev–Trinajstić information content (AvgIpc) is 2.74. The highest BCUT2D eigenvalue weighted by Crippen LogP contribution is 2.31. The van der Waals surface area contributed by atoms with Gasteiger partial charge in [0.15, 0.2) is 0 Å². The quantitative estimate of drug-likeness (QED) is 0.736. The Balaban J connectivity index is 1.33. The lowest BCUT2D eigenvalue weighted by atomic mass is 9.87. The summed E-state index contributed by atoms with van der Waals surface area (Å²) in [5, 5.41) is 10.4. The molecule has 1 aliphatic carbocycles. The van der Waals surface area contributed by atoms with Crippen LogP contribution in [0.2, 0.25) is 0 Å². The summed E-state index contributed by atoms with van der Waals surface area (Å²) in [6, 6.07) is 0.289. The predicted octanol–water partition coefficient (Wildman–Crippen LogP) is 1.34. The van der Waals surface area contributed by atoms with Crippen LogP contribution in [0.3, 0.4) is 0 Å². The van der Waals surface area contributed by atoms with Crippen LogP contribution < -0.4 is 0 Å². The Morgan fingerprint density at radius 3 is 2.53 bits per heavy atom. The number of fused-ring (bicyclic) bond motifs is 1. The van der Waals surface area contributed by atoms with Gasteiger partial charge >= 0.3 is 0 Å². The number of hydrogen-bond acceptors (Lipinski definition) is 6. The molecule has 3 heterocycles. The molecule has 1 amide bonds. The molecule has 7 nitrogen and oxygen atoms in total. The molecule has 3 saturated heterocycles. The number of likely N-dealkylation sites (N-methyl/N-ethyl adjacent to an activating group) is 1. The average molecular weight is 424 g/mol. The maximum Gasteiger partial charge on any atom is 0.225 e. The standard InChI is InChI=1S/C23H41N3O4/c1-24-9-11-25(12-10-24)23(28)13-20-7-8-21-22(30-20)17-29-16-19(27)15-26(21)14-18-5-3-2-4-6-18/h18-22,27H,2-17H2,1H3/t19-,20-,21+,22-/m1/s1. The van der Waals surface area contributed by atoms with Crippen molar-refractivity contribution in [3.05, 3.63) is 0 Å². The van der Waals surface area contributed by atoms with E-state index in [-0.39, 0.29) is 24.2 Å². The number of hydrogen-bond donors (Lipinski definition) is 1. The van der Waals surface area contributed by atoms with Crippen molar-refractivity contribution in [2.45, 2.75) is 75.7 Å². The molecule has 0 aromatic heterocycles. The molecule has 0 bridgehead atoms. The van der Waals surface area contributed by atoms with Gasteiger partial charge in [0, 0.05) is 45.3 Å². The van der Waals surface area contributed by atoms with E-state index < -0.39 is 6.10 Å². The van der Waals surface area contributed by atoms with Gasteiger partial charge in [-0.3, -0.25) is 9.69 Å². The highest BCUT2D eigenvalue weighted by atomic mass is 16.5. The Morgan fingerprint density at radius 2 is 1.77 bits per heavy atom. The molecule has 3 aliphatic heterocycles. The Bertz CT molecular complexity index is 549. The maximum absolute atomic E-state index is 12.8. The van der Waals surface area contributed by atoms with E-state index in [1.807, 2.05) is 4.90 Å². The number of carbonyl (C=O) groups is 1. The molecule has 4 fully saturated rings. The van der Waals surface area contributed by atoms with Crippen LogP contribution in [0.25, 0.3) is 0 Å². The predicted molar refractivity (Wildman–Crippen MR) is 115 cm³/mol. The first-order valence-electron chi connectivity index (χ1n) is 12.2. The van der Waals surface area contributed by atoms with Crippen LogP contribution in [0.4, 0.5) is 0 Å². The number of ether oxygens (including phenoxy) is 2. The molecule has 4 aliphatic rings. The van der Waals surface area contributed by atoms with Crippen molar-refractivity contribution in [1.29, 1.82) is 0 Å². The van der Waals surface area contributed by atoms with Gasteiger partial charge in [0.2, 0.25) is 5.91 Å². The van der Waals surface area contributed by atoms with E-state index in [2.05, 4.69) is 16.8 Å². The molecular weight excluding hydrogens is 382 g/mol. The van der Waals surface area contributed by atoms with Crippen LogP contribution in [-0.4, -0.2) is 110 Å². The first-order chi connectivity index (χ1) is 14.6. The lowest BCUT2D eigenvalue weighted by Gasteiger charge is -2.46. The molecule has 4 atom stereocenters. The molecule has 0 unspecified atom stereocenters. The summed E-state index contributed by atoms with van der Waals surface area (Å²) < 4.78 is 12.2. The highest BCUT2D eigenvalue weighted by Gasteiger charge is 2.39. The number of nitrogens with zero attached hydrogens (tertiary/aromatic N) is 3. The summed E-state index contributed by atoms with van der Waals surface area (Å²) in [5.41, 5.74) is 0. The van der Waals surface area contributed by atoms with Gasteiger partial charge in [-0.25, -0.2) is 0 Å². The van der Waals surface area contributed by atoms with Crippen molar-refractivity contribution < 1.29 is 19.4 Å². The zero-order valence-corrected chi connectivity index (χ0v) is 18.7. The van der Waals surface area contributed by atoms with Crippen molar-refractivity contribution in [3.8, 4) is 0 Å². The fourth-order valence-electron chi connectivity index (χ4n) is 5.74. The third-order valence-electron chi connectivity index (χ3n) is 7.56. The highest BCUT2D eigenvalue weighted by molar-refractivity contribution is 5.76. The fraction of sp³-hybridized carbons (Fsp3) is 0.957. The zero-order chi connectivity index (χ0) is 20.9. The van der Waals surface area contributed by atoms with Crippen LogP contribution in [0.15, 0.2) is 0 Å². The van der Waals surface area contributed by atoms with Crippen molar-refractivity contribution >= 4 is 5.91 Å². The van der Waals surface area contributed by atoms with E-state index >= 15 is 0 Å². The summed E-state index contributed by atoms with van der Waals surface area (Å²) in [6.07, 6.45) is 8.65. The van der Waals surface area contributed by atoms with Crippen LogP contribution in [0, 0.1) is 5.92 Å². The number of aliphatic hydroxyl groups excluding tert-OH is 1. The van der Waals surface area contributed by atoms with Crippen LogP contribution in [-0.2, 0) is 14.3 Å². The van der Waals surface area contributed by atoms with Gasteiger partial charge in [-0.05, 0) is 38.6 Å². The third kappa shape index (κ3) is 5.94. The van der Waals surface area contributed by atoms with E-state index in [0.717, 1.165) is 51.5 Å². The molecule has 0 aromatic rings. The minimum absolute atomic E-state index is 0.000120. The van der Waals surface area contributed by atoms with Gasteiger partial charge < -0.3 is 24.4 Å². The number of carbonyl (C=O) groups excluding carboxylic acids is 1.